The van der Waals surface area contributed by atoms with Crippen molar-refractivity contribution in [2.45, 2.75) is 26.2 Å². The van der Waals surface area contributed by atoms with Crippen LogP contribution in [0.5, 0.6) is 5.75 Å². The molecule has 2 rings (SSSR count). The van der Waals surface area contributed by atoms with Gasteiger partial charge in [0.15, 0.2) is 6.61 Å². The van der Waals surface area contributed by atoms with Crippen molar-refractivity contribution in [3.63, 3.8) is 0 Å². The minimum absolute atomic E-state index is 0.00125. The minimum atomic E-state index is -0.173. The molecule has 0 aliphatic rings. The Hall–Kier alpha value is -1.81. The van der Waals surface area contributed by atoms with E-state index in [9.17, 15) is 4.79 Å². The molecule has 1 amide bonds. The zero-order valence-corrected chi connectivity index (χ0v) is 14.4. The SMILES string of the molecule is CC[C@H](C)c1ccc(OCC(=O)Nc2ccc(Br)cc2)cc1. The number of hydrogen-bond acceptors (Lipinski definition) is 2. The second kappa shape index (κ2) is 7.99. The highest BCUT2D eigenvalue weighted by Gasteiger charge is 2.05. The molecule has 0 aliphatic carbocycles. The molecule has 0 saturated heterocycles. The van der Waals surface area contributed by atoms with Crippen molar-refractivity contribution in [3.8, 4) is 5.75 Å². The molecular formula is C18H20BrNO2. The van der Waals surface area contributed by atoms with Gasteiger partial charge in [-0.15, -0.1) is 0 Å². The second-order valence-corrected chi connectivity index (χ2v) is 6.14. The lowest BCUT2D eigenvalue weighted by molar-refractivity contribution is -0.118. The van der Waals surface area contributed by atoms with Crippen LogP contribution in [0, 0.1) is 0 Å². The number of ether oxygens (including phenoxy) is 1. The second-order valence-electron chi connectivity index (χ2n) is 5.22. The van der Waals surface area contributed by atoms with Crippen molar-refractivity contribution in [1.29, 1.82) is 0 Å². The quantitative estimate of drug-likeness (QED) is 0.787. The van der Waals surface area contributed by atoms with Gasteiger partial charge < -0.3 is 10.1 Å². The van der Waals surface area contributed by atoms with E-state index in [1.807, 2.05) is 36.4 Å². The van der Waals surface area contributed by atoms with Gasteiger partial charge in [0.2, 0.25) is 0 Å². The minimum Gasteiger partial charge on any atom is -0.484 e. The molecule has 116 valence electrons. The van der Waals surface area contributed by atoms with Crippen LogP contribution < -0.4 is 10.1 Å². The predicted octanol–water partition coefficient (Wildman–Crippen LogP) is 4.98. The Morgan fingerprint density at radius 2 is 1.77 bits per heavy atom. The molecule has 1 atom stereocenters. The normalized spacial score (nSPS) is 11.8. The molecule has 0 aliphatic heterocycles. The number of halogens is 1. The van der Waals surface area contributed by atoms with Gasteiger partial charge in [-0.2, -0.15) is 0 Å². The molecule has 0 saturated carbocycles. The topological polar surface area (TPSA) is 38.3 Å². The average molecular weight is 362 g/mol. The highest BCUT2D eigenvalue weighted by molar-refractivity contribution is 9.10. The molecule has 2 aromatic carbocycles. The van der Waals surface area contributed by atoms with E-state index in [4.69, 9.17) is 4.74 Å². The number of benzene rings is 2. The third-order valence-electron chi connectivity index (χ3n) is 3.56. The summed E-state index contributed by atoms with van der Waals surface area (Å²) in [7, 11) is 0. The fourth-order valence-corrected chi connectivity index (χ4v) is 2.27. The zero-order chi connectivity index (χ0) is 15.9. The first-order valence-corrected chi connectivity index (χ1v) is 8.16. The van der Waals surface area contributed by atoms with Gasteiger partial charge in [-0.25, -0.2) is 0 Å². The molecule has 0 unspecified atom stereocenters. The van der Waals surface area contributed by atoms with E-state index in [-0.39, 0.29) is 12.5 Å². The lowest BCUT2D eigenvalue weighted by Gasteiger charge is -2.11. The first kappa shape index (κ1) is 16.6. The number of nitrogens with one attached hydrogen (secondary N) is 1. The van der Waals surface area contributed by atoms with E-state index >= 15 is 0 Å². The van der Waals surface area contributed by atoms with Crippen LogP contribution in [0.15, 0.2) is 53.0 Å². The summed E-state index contributed by atoms with van der Waals surface area (Å²) in [6.45, 7) is 4.36. The van der Waals surface area contributed by atoms with Crippen molar-refractivity contribution in [2.75, 3.05) is 11.9 Å². The number of carbonyl (C=O) groups excluding carboxylic acids is 1. The predicted molar refractivity (Wildman–Crippen MR) is 93.4 cm³/mol. The van der Waals surface area contributed by atoms with E-state index in [2.05, 4.69) is 47.2 Å². The summed E-state index contributed by atoms with van der Waals surface area (Å²) < 4.78 is 6.49. The van der Waals surface area contributed by atoms with Crippen LogP contribution in [-0.2, 0) is 4.79 Å². The van der Waals surface area contributed by atoms with Gasteiger partial charge in [-0.1, -0.05) is 41.9 Å². The van der Waals surface area contributed by atoms with Crippen LogP contribution in [0.2, 0.25) is 0 Å². The maximum atomic E-state index is 11.8. The summed E-state index contributed by atoms with van der Waals surface area (Å²) in [6, 6.07) is 15.4. The summed E-state index contributed by atoms with van der Waals surface area (Å²) in [5.74, 6) is 1.07. The van der Waals surface area contributed by atoms with Gasteiger partial charge in [0.25, 0.3) is 5.91 Å². The van der Waals surface area contributed by atoms with E-state index < -0.39 is 0 Å². The average Bonchev–Trinajstić information content (AvgIpc) is 2.55. The molecule has 1 N–H and O–H groups in total. The molecular weight excluding hydrogens is 342 g/mol. The summed E-state index contributed by atoms with van der Waals surface area (Å²) in [5, 5.41) is 2.79. The van der Waals surface area contributed by atoms with E-state index in [1.54, 1.807) is 0 Å². The monoisotopic (exact) mass is 361 g/mol. The Bertz CT molecular complexity index is 608. The lowest BCUT2D eigenvalue weighted by Crippen LogP contribution is -2.20. The van der Waals surface area contributed by atoms with Gasteiger partial charge in [-0.05, 0) is 54.3 Å². The third-order valence-corrected chi connectivity index (χ3v) is 4.09. The van der Waals surface area contributed by atoms with Crippen molar-refractivity contribution >= 4 is 27.5 Å². The highest BCUT2D eigenvalue weighted by atomic mass is 79.9. The number of carbonyl (C=O) groups is 1. The van der Waals surface area contributed by atoms with Crippen LogP contribution in [0.1, 0.15) is 31.7 Å². The number of anilines is 1. The van der Waals surface area contributed by atoms with Gasteiger partial charge in [0.05, 0.1) is 0 Å². The maximum absolute atomic E-state index is 11.8. The Kier molecular flexibility index (Phi) is 6.01. The van der Waals surface area contributed by atoms with Crippen molar-refractivity contribution in [2.24, 2.45) is 0 Å². The molecule has 4 heteroatoms. The Balaban J connectivity index is 1.84. The largest absolute Gasteiger partial charge is 0.484 e. The standard InChI is InChI=1S/C18H20BrNO2/c1-3-13(2)14-4-10-17(11-5-14)22-12-18(21)20-16-8-6-15(19)7-9-16/h4-11,13H,3,12H2,1-2H3,(H,20,21)/t13-/m0/s1. The van der Waals surface area contributed by atoms with Crippen LogP contribution in [0.25, 0.3) is 0 Å². The Morgan fingerprint density at radius 1 is 1.14 bits per heavy atom. The number of hydrogen-bond donors (Lipinski definition) is 1. The molecule has 0 aromatic heterocycles. The molecule has 2 aromatic rings. The first-order valence-electron chi connectivity index (χ1n) is 7.36. The third kappa shape index (κ3) is 4.88. The Labute approximate surface area is 139 Å². The molecule has 3 nitrogen and oxygen atoms in total. The lowest BCUT2D eigenvalue weighted by atomic mass is 9.99. The van der Waals surface area contributed by atoms with E-state index in [1.165, 1.54) is 5.56 Å². The smallest absolute Gasteiger partial charge is 0.262 e. The van der Waals surface area contributed by atoms with E-state index in [0.717, 1.165) is 16.6 Å². The van der Waals surface area contributed by atoms with Crippen molar-refractivity contribution < 1.29 is 9.53 Å². The first-order chi connectivity index (χ1) is 10.6. The fourth-order valence-electron chi connectivity index (χ4n) is 2.01. The number of amides is 1. The zero-order valence-electron chi connectivity index (χ0n) is 12.8. The summed E-state index contributed by atoms with van der Waals surface area (Å²) in [4.78, 5) is 11.8. The van der Waals surface area contributed by atoms with Crippen LogP contribution in [0.3, 0.4) is 0 Å². The molecule has 0 heterocycles. The summed E-state index contributed by atoms with van der Waals surface area (Å²) in [5.41, 5.74) is 2.04. The molecule has 0 spiro atoms. The van der Waals surface area contributed by atoms with Crippen LogP contribution >= 0.6 is 15.9 Å². The van der Waals surface area contributed by atoms with Gasteiger partial charge in [0, 0.05) is 10.2 Å². The highest BCUT2D eigenvalue weighted by Crippen LogP contribution is 2.21. The molecule has 22 heavy (non-hydrogen) atoms. The van der Waals surface area contributed by atoms with Gasteiger partial charge in [0.1, 0.15) is 5.75 Å². The molecule has 0 fully saturated rings. The van der Waals surface area contributed by atoms with Gasteiger partial charge >= 0.3 is 0 Å². The van der Waals surface area contributed by atoms with Crippen molar-refractivity contribution in [3.05, 3.63) is 58.6 Å². The molecule has 0 radical (unpaired) electrons. The fraction of sp³-hybridized carbons (Fsp3) is 0.278. The van der Waals surface area contributed by atoms with Crippen molar-refractivity contribution in [1.82, 2.24) is 0 Å². The molecule has 0 bridgehead atoms. The number of rotatable bonds is 6. The van der Waals surface area contributed by atoms with Gasteiger partial charge in [-0.3, -0.25) is 4.79 Å². The van der Waals surface area contributed by atoms with Crippen LogP contribution in [0.4, 0.5) is 5.69 Å². The van der Waals surface area contributed by atoms with E-state index in [0.29, 0.717) is 11.7 Å². The summed E-state index contributed by atoms with van der Waals surface area (Å²) in [6.07, 6.45) is 1.11. The summed E-state index contributed by atoms with van der Waals surface area (Å²) >= 11 is 3.36. The van der Waals surface area contributed by atoms with Crippen LogP contribution in [-0.4, -0.2) is 12.5 Å². The Morgan fingerprint density at radius 3 is 2.36 bits per heavy atom. The maximum Gasteiger partial charge on any atom is 0.262 e.